The Kier molecular flexibility index (Phi) is 7.76. The average molecular weight is 419 g/mol. The fourth-order valence-electron chi connectivity index (χ4n) is 3.06. The number of ether oxygens (including phenoxy) is 2. The van der Waals surface area contributed by atoms with Gasteiger partial charge in [0.05, 0.1) is 13.0 Å². The van der Waals surface area contributed by atoms with Crippen molar-refractivity contribution in [2.24, 2.45) is 0 Å². The molecule has 0 heterocycles. The van der Waals surface area contributed by atoms with E-state index in [9.17, 15) is 14.4 Å². The zero-order chi connectivity index (χ0) is 22.1. The zero-order valence-corrected chi connectivity index (χ0v) is 17.4. The Balaban J connectivity index is 1.43. The Morgan fingerprint density at radius 3 is 2.39 bits per heavy atom. The Morgan fingerprint density at radius 1 is 0.871 bits per heavy atom. The SMILES string of the molecule is CCCOc1ccc(C(=O)CCC(=O)OCC(=O)Nc2cccc3ccccc23)cc1. The van der Waals surface area contributed by atoms with E-state index >= 15 is 0 Å². The normalized spacial score (nSPS) is 10.5. The first-order valence-corrected chi connectivity index (χ1v) is 10.3. The molecule has 6 nitrogen and oxygen atoms in total. The van der Waals surface area contributed by atoms with Gasteiger partial charge in [-0.2, -0.15) is 0 Å². The minimum atomic E-state index is -0.593. The Hall–Kier alpha value is -3.67. The van der Waals surface area contributed by atoms with Crippen LogP contribution in [-0.2, 0) is 14.3 Å². The van der Waals surface area contributed by atoms with Crippen LogP contribution in [0.3, 0.4) is 0 Å². The minimum absolute atomic E-state index is 0.0128. The van der Waals surface area contributed by atoms with Crippen molar-refractivity contribution in [1.29, 1.82) is 0 Å². The second-order valence-electron chi connectivity index (χ2n) is 7.03. The summed E-state index contributed by atoms with van der Waals surface area (Å²) in [5.74, 6) is -0.489. The van der Waals surface area contributed by atoms with Crippen molar-refractivity contribution in [2.45, 2.75) is 26.2 Å². The summed E-state index contributed by atoms with van der Waals surface area (Å²) in [6, 6.07) is 20.1. The van der Waals surface area contributed by atoms with Gasteiger partial charge in [-0.1, -0.05) is 43.3 Å². The number of Topliss-reactive ketones (excluding diaryl/α,β-unsaturated/α-hetero) is 1. The molecule has 0 atom stereocenters. The number of rotatable bonds is 10. The highest BCUT2D eigenvalue weighted by Gasteiger charge is 2.13. The molecule has 3 rings (SSSR count). The topological polar surface area (TPSA) is 81.7 Å². The van der Waals surface area contributed by atoms with Gasteiger partial charge in [-0.15, -0.1) is 0 Å². The van der Waals surface area contributed by atoms with Gasteiger partial charge in [-0.25, -0.2) is 0 Å². The lowest BCUT2D eigenvalue weighted by atomic mass is 10.1. The van der Waals surface area contributed by atoms with E-state index in [1.54, 1.807) is 30.3 Å². The number of esters is 1. The van der Waals surface area contributed by atoms with Crippen molar-refractivity contribution in [2.75, 3.05) is 18.5 Å². The number of nitrogens with one attached hydrogen (secondary N) is 1. The van der Waals surface area contributed by atoms with Gasteiger partial charge in [0.1, 0.15) is 5.75 Å². The molecule has 31 heavy (non-hydrogen) atoms. The molecule has 0 unspecified atom stereocenters. The van der Waals surface area contributed by atoms with Gasteiger partial charge in [-0.05, 0) is 42.1 Å². The number of fused-ring (bicyclic) bond motifs is 1. The van der Waals surface area contributed by atoms with Crippen LogP contribution in [0.5, 0.6) is 5.75 Å². The molecule has 0 fully saturated rings. The fraction of sp³-hybridized carbons (Fsp3) is 0.240. The van der Waals surface area contributed by atoms with E-state index in [4.69, 9.17) is 9.47 Å². The van der Waals surface area contributed by atoms with E-state index in [0.29, 0.717) is 23.6 Å². The number of carbonyl (C=O) groups excluding carboxylic acids is 3. The van der Waals surface area contributed by atoms with Gasteiger partial charge < -0.3 is 14.8 Å². The number of benzene rings is 3. The van der Waals surface area contributed by atoms with Crippen LogP contribution >= 0.6 is 0 Å². The number of anilines is 1. The molecular formula is C25H25NO5. The summed E-state index contributed by atoms with van der Waals surface area (Å²) < 4.78 is 10.5. The van der Waals surface area contributed by atoms with E-state index in [1.807, 2.05) is 43.3 Å². The van der Waals surface area contributed by atoms with Gasteiger partial charge in [0.15, 0.2) is 12.4 Å². The first kappa shape index (κ1) is 22.0. The first-order chi connectivity index (χ1) is 15.1. The third-order valence-electron chi connectivity index (χ3n) is 4.63. The summed E-state index contributed by atoms with van der Waals surface area (Å²) in [6.07, 6.45) is 0.830. The van der Waals surface area contributed by atoms with Gasteiger partial charge in [0, 0.05) is 23.1 Å². The molecule has 0 spiro atoms. The van der Waals surface area contributed by atoms with Gasteiger partial charge in [-0.3, -0.25) is 14.4 Å². The molecule has 1 amide bonds. The molecule has 160 valence electrons. The Bertz CT molecular complexity index is 1050. The maximum atomic E-state index is 12.3. The smallest absolute Gasteiger partial charge is 0.306 e. The quantitative estimate of drug-likeness (QED) is 0.378. The molecule has 0 bridgehead atoms. The van der Waals surface area contributed by atoms with Crippen LogP contribution in [0, 0.1) is 0 Å². The number of ketones is 1. The molecule has 0 aromatic heterocycles. The highest BCUT2D eigenvalue weighted by atomic mass is 16.5. The summed E-state index contributed by atoms with van der Waals surface area (Å²) in [6.45, 7) is 2.23. The maximum absolute atomic E-state index is 12.3. The van der Waals surface area contributed by atoms with Gasteiger partial charge >= 0.3 is 5.97 Å². The van der Waals surface area contributed by atoms with Crippen molar-refractivity contribution in [3.05, 3.63) is 72.3 Å². The molecule has 0 radical (unpaired) electrons. The van der Waals surface area contributed by atoms with Gasteiger partial charge in [0.25, 0.3) is 5.91 Å². The van der Waals surface area contributed by atoms with Crippen molar-refractivity contribution in [3.63, 3.8) is 0 Å². The molecule has 0 aliphatic carbocycles. The zero-order valence-electron chi connectivity index (χ0n) is 17.4. The first-order valence-electron chi connectivity index (χ1n) is 10.3. The highest BCUT2D eigenvalue weighted by Crippen LogP contribution is 2.22. The molecule has 0 aliphatic heterocycles. The van der Waals surface area contributed by atoms with Crippen LogP contribution in [0.25, 0.3) is 10.8 Å². The van der Waals surface area contributed by atoms with Crippen molar-refractivity contribution >= 4 is 34.1 Å². The molecule has 0 saturated heterocycles. The van der Waals surface area contributed by atoms with Crippen LogP contribution in [0.2, 0.25) is 0 Å². The minimum Gasteiger partial charge on any atom is -0.494 e. The Morgan fingerprint density at radius 2 is 1.61 bits per heavy atom. The highest BCUT2D eigenvalue weighted by molar-refractivity contribution is 6.03. The summed E-state index contributed by atoms with van der Waals surface area (Å²) >= 11 is 0. The summed E-state index contributed by atoms with van der Waals surface area (Å²) in [4.78, 5) is 36.4. The Labute approximate surface area is 181 Å². The molecule has 1 N–H and O–H groups in total. The third kappa shape index (κ3) is 6.40. The van der Waals surface area contributed by atoms with Crippen LogP contribution in [0.1, 0.15) is 36.5 Å². The molecular weight excluding hydrogens is 394 g/mol. The van der Waals surface area contributed by atoms with E-state index in [2.05, 4.69) is 5.32 Å². The standard InChI is InChI=1S/C25H25NO5/c1-2-16-30-20-12-10-19(11-13-20)23(27)14-15-25(29)31-17-24(28)26-22-9-5-7-18-6-3-4-8-21(18)22/h3-13H,2,14-17H2,1H3,(H,26,28). The molecule has 6 heteroatoms. The average Bonchev–Trinajstić information content (AvgIpc) is 2.80. The van der Waals surface area contributed by atoms with Crippen LogP contribution < -0.4 is 10.1 Å². The van der Waals surface area contributed by atoms with E-state index in [1.165, 1.54) is 0 Å². The molecule has 0 aliphatic rings. The fourth-order valence-corrected chi connectivity index (χ4v) is 3.06. The maximum Gasteiger partial charge on any atom is 0.306 e. The predicted octanol–water partition coefficient (Wildman–Crippen LogP) is 4.77. The number of carbonyl (C=O) groups is 3. The van der Waals surface area contributed by atoms with Crippen LogP contribution in [-0.4, -0.2) is 30.9 Å². The number of hydrogen-bond acceptors (Lipinski definition) is 5. The lowest BCUT2D eigenvalue weighted by molar-refractivity contribution is -0.147. The largest absolute Gasteiger partial charge is 0.494 e. The second-order valence-corrected chi connectivity index (χ2v) is 7.03. The van der Waals surface area contributed by atoms with Crippen molar-refractivity contribution in [3.8, 4) is 5.75 Å². The van der Waals surface area contributed by atoms with Crippen molar-refractivity contribution < 1.29 is 23.9 Å². The second kappa shape index (κ2) is 10.9. The molecule has 3 aromatic rings. The van der Waals surface area contributed by atoms with Gasteiger partial charge in [0.2, 0.25) is 0 Å². The number of amides is 1. The number of hydrogen-bond donors (Lipinski definition) is 1. The van der Waals surface area contributed by atoms with Crippen LogP contribution in [0.15, 0.2) is 66.7 Å². The van der Waals surface area contributed by atoms with E-state index in [-0.39, 0.29) is 18.6 Å². The van der Waals surface area contributed by atoms with Crippen LogP contribution in [0.4, 0.5) is 5.69 Å². The molecule has 0 saturated carbocycles. The van der Waals surface area contributed by atoms with E-state index < -0.39 is 18.5 Å². The summed E-state index contributed by atoms with van der Waals surface area (Å²) in [5.41, 5.74) is 1.16. The summed E-state index contributed by atoms with van der Waals surface area (Å²) in [5, 5.41) is 4.66. The predicted molar refractivity (Wildman–Crippen MR) is 119 cm³/mol. The lowest BCUT2D eigenvalue weighted by Crippen LogP contribution is -2.21. The monoisotopic (exact) mass is 419 g/mol. The van der Waals surface area contributed by atoms with E-state index in [0.717, 1.165) is 17.2 Å². The summed E-state index contributed by atoms with van der Waals surface area (Å²) in [7, 11) is 0. The molecule has 3 aromatic carbocycles. The third-order valence-corrected chi connectivity index (χ3v) is 4.63. The lowest BCUT2D eigenvalue weighted by Gasteiger charge is -2.09. The van der Waals surface area contributed by atoms with Crippen molar-refractivity contribution in [1.82, 2.24) is 0 Å².